The Morgan fingerprint density at radius 1 is 1.38 bits per heavy atom. The lowest BCUT2D eigenvalue weighted by molar-refractivity contribution is -0.118. The minimum Gasteiger partial charge on any atom is -0.504 e. The van der Waals surface area contributed by atoms with E-state index in [1.54, 1.807) is 12.1 Å². The number of carbonyl (C=O) groups excluding carboxylic acids is 1. The first-order valence-corrected chi connectivity index (χ1v) is 8.99. The number of imidazole rings is 1. The molecule has 1 aromatic heterocycles. The lowest BCUT2D eigenvalue weighted by atomic mass is 10.2. The summed E-state index contributed by atoms with van der Waals surface area (Å²) in [5, 5.41) is 14.3. The highest BCUT2D eigenvalue weighted by atomic mass is 32.2. The number of nitrogens with one attached hydrogen (secondary N) is 2. The monoisotopic (exact) mass is 370 g/mol. The number of amides is 1. The molecule has 1 heterocycles. The average Bonchev–Trinajstić information content (AvgIpc) is 3.06. The van der Waals surface area contributed by atoms with Crippen molar-refractivity contribution in [3.8, 4) is 11.5 Å². The number of nitrogens with zero attached hydrogens (tertiary/aromatic N) is 2. The number of para-hydroxylation sites is 2. The van der Waals surface area contributed by atoms with Gasteiger partial charge in [-0.2, -0.15) is 5.10 Å². The molecule has 0 saturated carbocycles. The molecule has 0 bridgehead atoms. The van der Waals surface area contributed by atoms with E-state index in [4.69, 9.17) is 4.74 Å². The number of aromatic nitrogens is 2. The zero-order valence-corrected chi connectivity index (χ0v) is 14.9. The molecular weight excluding hydrogens is 352 g/mol. The van der Waals surface area contributed by atoms with Crippen molar-refractivity contribution in [1.82, 2.24) is 15.4 Å². The van der Waals surface area contributed by atoms with Gasteiger partial charge in [-0.25, -0.2) is 10.4 Å². The number of fused-ring (bicyclic) bond motifs is 1. The molecule has 3 rings (SSSR count). The van der Waals surface area contributed by atoms with E-state index < -0.39 is 0 Å². The van der Waals surface area contributed by atoms with Crippen LogP contribution in [0, 0.1) is 0 Å². The van der Waals surface area contributed by atoms with E-state index in [-0.39, 0.29) is 17.4 Å². The number of hydrogen-bond acceptors (Lipinski definition) is 6. The number of carbonyl (C=O) groups is 1. The summed E-state index contributed by atoms with van der Waals surface area (Å²) >= 11 is 1.31. The maximum atomic E-state index is 11.9. The molecule has 134 valence electrons. The van der Waals surface area contributed by atoms with E-state index in [0.717, 1.165) is 11.0 Å². The van der Waals surface area contributed by atoms with Crippen LogP contribution in [0.5, 0.6) is 11.5 Å². The summed E-state index contributed by atoms with van der Waals surface area (Å²) in [6.45, 7) is 2.28. The van der Waals surface area contributed by atoms with E-state index >= 15 is 0 Å². The molecule has 0 fully saturated rings. The molecule has 0 spiro atoms. The third-order valence-electron chi connectivity index (χ3n) is 3.39. The topological polar surface area (TPSA) is 99.6 Å². The van der Waals surface area contributed by atoms with Gasteiger partial charge in [0.25, 0.3) is 5.91 Å². The van der Waals surface area contributed by atoms with Crippen LogP contribution >= 0.6 is 11.8 Å². The van der Waals surface area contributed by atoms with Crippen molar-refractivity contribution in [3.63, 3.8) is 0 Å². The van der Waals surface area contributed by atoms with Gasteiger partial charge >= 0.3 is 0 Å². The number of hydrazone groups is 1. The Hall–Kier alpha value is -3.00. The van der Waals surface area contributed by atoms with Gasteiger partial charge in [-0.05, 0) is 42.8 Å². The Labute approximate surface area is 154 Å². The summed E-state index contributed by atoms with van der Waals surface area (Å²) in [7, 11) is 0. The number of phenols is 1. The zero-order valence-electron chi connectivity index (χ0n) is 14.1. The quantitative estimate of drug-likeness (QED) is 0.337. The SMILES string of the molecule is CCOc1cc(/C=N\NC(=O)CSc2nc3ccccc3[nH]2)ccc1O. The molecule has 3 aromatic rings. The average molecular weight is 370 g/mol. The van der Waals surface area contributed by atoms with Crippen LogP contribution in [-0.2, 0) is 4.79 Å². The number of aromatic hydroxyl groups is 1. The second-order valence-corrected chi connectivity index (χ2v) is 6.27. The molecule has 3 N–H and O–H groups in total. The van der Waals surface area contributed by atoms with Crippen molar-refractivity contribution >= 4 is 34.9 Å². The lowest BCUT2D eigenvalue weighted by Gasteiger charge is -2.05. The van der Waals surface area contributed by atoms with Gasteiger partial charge in [0.15, 0.2) is 16.7 Å². The standard InChI is InChI=1S/C18H18N4O3S/c1-2-25-16-9-12(7-8-15(16)23)10-19-22-17(24)11-26-18-20-13-5-3-4-6-14(13)21-18/h3-10,23H,2,11H2,1H3,(H,20,21)(H,22,24)/b19-10-. The van der Waals surface area contributed by atoms with Crippen LogP contribution in [0.25, 0.3) is 11.0 Å². The molecule has 1 amide bonds. The Morgan fingerprint density at radius 2 is 2.23 bits per heavy atom. The van der Waals surface area contributed by atoms with Crippen molar-refractivity contribution in [3.05, 3.63) is 48.0 Å². The van der Waals surface area contributed by atoms with Gasteiger partial charge in [-0.15, -0.1) is 0 Å². The minimum atomic E-state index is -0.240. The van der Waals surface area contributed by atoms with E-state index in [2.05, 4.69) is 20.5 Å². The normalized spacial score (nSPS) is 11.1. The highest BCUT2D eigenvalue weighted by molar-refractivity contribution is 7.99. The van der Waals surface area contributed by atoms with Crippen LogP contribution in [-0.4, -0.2) is 39.6 Å². The van der Waals surface area contributed by atoms with Crippen LogP contribution < -0.4 is 10.2 Å². The summed E-state index contributed by atoms with van der Waals surface area (Å²) in [4.78, 5) is 19.4. The van der Waals surface area contributed by atoms with Crippen molar-refractivity contribution in [1.29, 1.82) is 0 Å². The predicted molar refractivity (Wildman–Crippen MR) is 102 cm³/mol. The molecule has 0 aliphatic rings. The van der Waals surface area contributed by atoms with Crippen LogP contribution in [0.15, 0.2) is 52.7 Å². The molecule has 2 aromatic carbocycles. The fourth-order valence-corrected chi connectivity index (χ4v) is 2.90. The van der Waals surface area contributed by atoms with Gasteiger partial charge in [-0.1, -0.05) is 23.9 Å². The second-order valence-electron chi connectivity index (χ2n) is 5.30. The first-order valence-electron chi connectivity index (χ1n) is 8.01. The lowest BCUT2D eigenvalue weighted by Crippen LogP contribution is -2.19. The number of H-pyrrole nitrogens is 1. The first kappa shape index (κ1) is 17.8. The van der Waals surface area contributed by atoms with Gasteiger partial charge < -0.3 is 14.8 Å². The van der Waals surface area contributed by atoms with Crippen LogP contribution in [0.2, 0.25) is 0 Å². The Bertz CT molecular complexity index is 906. The van der Waals surface area contributed by atoms with Gasteiger partial charge in [-0.3, -0.25) is 4.79 Å². The summed E-state index contributed by atoms with van der Waals surface area (Å²) in [5.41, 5.74) is 4.97. The third kappa shape index (κ3) is 4.54. The molecule has 0 aliphatic carbocycles. The van der Waals surface area contributed by atoms with Crippen molar-refractivity contribution in [2.24, 2.45) is 5.10 Å². The number of benzene rings is 2. The van der Waals surface area contributed by atoms with E-state index in [1.165, 1.54) is 24.0 Å². The Balaban J connectivity index is 1.52. The molecule has 0 saturated heterocycles. The van der Waals surface area contributed by atoms with Gasteiger partial charge in [0.2, 0.25) is 0 Å². The molecule has 26 heavy (non-hydrogen) atoms. The molecule has 0 unspecified atom stereocenters. The summed E-state index contributed by atoms with van der Waals surface area (Å²) in [6, 6.07) is 12.5. The second kappa shape index (κ2) is 8.39. The summed E-state index contributed by atoms with van der Waals surface area (Å²) in [6.07, 6.45) is 1.49. The molecule has 0 radical (unpaired) electrons. The third-order valence-corrected chi connectivity index (χ3v) is 4.27. The maximum Gasteiger partial charge on any atom is 0.250 e. The number of thioether (sulfide) groups is 1. The van der Waals surface area contributed by atoms with Gasteiger partial charge in [0.1, 0.15) is 0 Å². The summed E-state index contributed by atoms with van der Waals surface area (Å²) in [5.74, 6) is 0.394. The van der Waals surface area contributed by atoms with Gasteiger partial charge in [0.05, 0.1) is 29.6 Å². The Kier molecular flexibility index (Phi) is 5.75. The molecular formula is C18H18N4O3S. The van der Waals surface area contributed by atoms with Crippen LogP contribution in [0.3, 0.4) is 0 Å². The highest BCUT2D eigenvalue weighted by Crippen LogP contribution is 2.26. The van der Waals surface area contributed by atoms with Crippen molar-refractivity contribution in [2.45, 2.75) is 12.1 Å². The number of aromatic amines is 1. The number of hydrogen-bond donors (Lipinski definition) is 3. The molecule has 0 aliphatic heterocycles. The van der Waals surface area contributed by atoms with Crippen molar-refractivity contribution in [2.75, 3.05) is 12.4 Å². The van der Waals surface area contributed by atoms with E-state index in [9.17, 15) is 9.90 Å². The number of phenolic OH excluding ortho intramolecular Hbond substituents is 1. The number of rotatable bonds is 7. The largest absolute Gasteiger partial charge is 0.504 e. The first-order chi connectivity index (χ1) is 12.7. The Morgan fingerprint density at radius 3 is 3.04 bits per heavy atom. The van der Waals surface area contributed by atoms with Gasteiger partial charge in [0, 0.05) is 0 Å². The molecule has 7 nitrogen and oxygen atoms in total. The highest BCUT2D eigenvalue weighted by Gasteiger charge is 2.06. The number of ether oxygens (including phenoxy) is 1. The fraction of sp³-hybridized carbons (Fsp3) is 0.167. The maximum absolute atomic E-state index is 11.9. The van der Waals surface area contributed by atoms with E-state index in [1.807, 2.05) is 31.2 Å². The van der Waals surface area contributed by atoms with Crippen LogP contribution in [0.1, 0.15) is 12.5 Å². The fourth-order valence-electron chi connectivity index (χ4n) is 2.22. The molecule has 0 atom stereocenters. The van der Waals surface area contributed by atoms with Crippen LogP contribution in [0.4, 0.5) is 0 Å². The zero-order chi connectivity index (χ0) is 18.4. The predicted octanol–water partition coefficient (Wildman–Crippen LogP) is 2.91. The molecule has 8 heteroatoms. The minimum absolute atomic E-state index is 0.0651. The summed E-state index contributed by atoms with van der Waals surface area (Å²) < 4.78 is 5.30. The van der Waals surface area contributed by atoms with E-state index in [0.29, 0.717) is 23.1 Å². The van der Waals surface area contributed by atoms with Crippen molar-refractivity contribution < 1.29 is 14.6 Å². The smallest absolute Gasteiger partial charge is 0.250 e.